The summed E-state index contributed by atoms with van der Waals surface area (Å²) in [6, 6.07) is 19.9. The Bertz CT molecular complexity index is 1290. The molecule has 0 saturated heterocycles. The topological polar surface area (TPSA) is 71.1 Å². The molecule has 0 aliphatic heterocycles. The van der Waals surface area contributed by atoms with Crippen LogP contribution in [-0.4, -0.2) is 22.0 Å². The number of thioether (sulfide) groups is 1. The molecule has 2 N–H and O–H groups in total. The molecular formula is C25H19ClFN3O2S2. The summed E-state index contributed by atoms with van der Waals surface area (Å²) in [5.74, 6) is -0.877. The van der Waals surface area contributed by atoms with Gasteiger partial charge in [0.2, 0.25) is 5.91 Å². The van der Waals surface area contributed by atoms with E-state index in [0.717, 1.165) is 16.2 Å². The maximum Gasteiger partial charge on any atom is 0.255 e. The first-order chi connectivity index (χ1) is 16.4. The number of hydrogen-bond donors (Lipinski definition) is 2. The summed E-state index contributed by atoms with van der Waals surface area (Å²) in [5, 5.41) is 8.34. The van der Waals surface area contributed by atoms with Gasteiger partial charge in [-0.05, 0) is 67.6 Å². The Balaban J connectivity index is 1.31. The van der Waals surface area contributed by atoms with Crippen LogP contribution in [0.15, 0.2) is 83.1 Å². The van der Waals surface area contributed by atoms with E-state index in [1.807, 2.05) is 36.6 Å². The zero-order valence-electron chi connectivity index (χ0n) is 17.9. The van der Waals surface area contributed by atoms with Gasteiger partial charge < -0.3 is 10.6 Å². The molecule has 3 aromatic carbocycles. The molecule has 1 heterocycles. The van der Waals surface area contributed by atoms with Gasteiger partial charge in [0.25, 0.3) is 5.91 Å². The van der Waals surface area contributed by atoms with Crippen LogP contribution in [0.25, 0.3) is 11.3 Å². The number of carbonyl (C=O) groups is 2. The number of hydrogen-bond acceptors (Lipinski definition) is 5. The minimum Gasteiger partial charge on any atom is -0.322 e. The lowest BCUT2D eigenvalue weighted by Gasteiger charge is -2.11. The van der Waals surface area contributed by atoms with E-state index >= 15 is 0 Å². The Kier molecular flexibility index (Phi) is 7.62. The Morgan fingerprint density at radius 3 is 2.32 bits per heavy atom. The molecule has 2 amide bonds. The van der Waals surface area contributed by atoms with E-state index in [1.54, 1.807) is 24.3 Å². The van der Waals surface area contributed by atoms with Gasteiger partial charge in [-0.15, -0.1) is 23.1 Å². The average molecular weight is 512 g/mol. The quantitative estimate of drug-likeness (QED) is 0.263. The normalized spacial score (nSPS) is 11.6. The van der Waals surface area contributed by atoms with Crippen molar-refractivity contribution in [2.75, 3.05) is 10.6 Å². The molecule has 0 radical (unpaired) electrons. The molecule has 1 unspecified atom stereocenters. The van der Waals surface area contributed by atoms with E-state index < -0.39 is 5.82 Å². The second-order valence-corrected chi connectivity index (χ2v) is 9.99. The molecule has 1 atom stereocenters. The minimum absolute atomic E-state index is 0.157. The van der Waals surface area contributed by atoms with Crippen LogP contribution in [-0.2, 0) is 4.79 Å². The van der Waals surface area contributed by atoms with Crippen LogP contribution in [0.2, 0.25) is 5.02 Å². The van der Waals surface area contributed by atoms with Gasteiger partial charge >= 0.3 is 0 Å². The number of halogens is 2. The predicted molar refractivity (Wildman–Crippen MR) is 137 cm³/mol. The largest absolute Gasteiger partial charge is 0.322 e. The number of anilines is 2. The van der Waals surface area contributed by atoms with Crippen LogP contribution in [0.3, 0.4) is 0 Å². The highest BCUT2D eigenvalue weighted by molar-refractivity contribution is 8.00. The number of nitrogens with one attached hydrogen (secondary N) is 2. The number of thiazole rings is 1. The van der Waals surface area contributed by atoms with Gasteiger partial charge in [0.05, 0.1) is 10.9 Å². The number of aromatic nitrogens is 1. The first kappa shape index (κ1) is 23.9. The van der Waals surface area contributed by atoms with Crippen LogP contribution in [0.4, 0.5) is 15.2 Å². The number of benzene rings is 3. The van der Waals surface area contributed by atoms with Crippen molar-refractivity contribution < 1.29 is 14.0 Å². The highest BCUT2D eigenvalue weighted by atomic mass is 35.5. The summed E-state index contributed by atoms with van der Waals surface area (Å²) in [7, 11) is 0. The fraction of sp³-hybridized carbons (Fsp3) is 0.0800. The van der Waals surface area contributed by atoms with Crippen LogP contribution < -0.4 is 10.6 Å². The van der Waals surface area contributed by atoms with Crippen molar-refractivity contribution in [2.45, 2.75) is 17.1 Å². The summed E-state index contributed by atoms with van der Waals surface area (Å²) >= 11 is 8.69. The van der Waals surface area contributed by atoms with E-state index in [1.165, 1.54) is 47.4 Å². The third-order valence-corrected chi connectivity index (χ3v) is 6.90. The molecule has 1 aromatic heterocycles. The highest BCUT2D eigenvalue weighted by Gasteiger charge is 2.17. The molecule has 34 heavy (non-hydrogen) atoms. The minimum atomic E-state index is -0.395. The van der Waals surface area contributed by atoms with Crippen molar-refractivity contribution in [1.29, 1.82) is 0 Å². The van der Waals surface area contributed by atoms with E-state index in [9.17, 15) is 14.0 Å². The number of carbonyl (C=O) groups excluding carboxylic acids is 2. The smallest absolute Gasteiger partial charge is 0.255 e. The first-order valence-electron chi connectivity index (χ1n) is 10.2. The second kappa shape index (κ2) is 10.8. The molecule has 0 aliphatic rings. The summed E-state index contributed by atoms with van der Waals surface area (Å²) in [6.45, 7) is 1.82. The molecule has 0 fully saturated rings. The van der Waals surface area contributed by atoms with Gasteiger partial charge in [0.1, 0.15) is 5.82 Å². The van der Waals surface area contributed by atoms with E-state index in [4.69, 9.17) is 11.6 Å². The lowest BCUT2D eigenvalue weighted by Crippen LogP contribution is -2.22. The second-order valence-electron chi connectivity index (χ2n) is 7.28. The van der Waals surface area contributed by atoms with Crippen molar-refractivity contribution >= 4 is 57.3 Å². The monoisotopic (exact) mass is 511 g/mol. The fourth-order valence-corrected chi connectivity index (χ4v) is 4.69. The number of amides is 2. The highest BCUT2D eigenvalue weighted by Crippen LogP contribution is 2.28. The Hall–Kier alpha value is -3.20. The van der Waals surface area contributed by atoms with Gasteiger partial charge in [-0.1, -0.05) is 23.7 Å². The van der Waals surface area contributed by atoms with Gasteiger partial charge in [-0.3, -0.25) is 9.59 Å². The van der Waals surface area contributed by atoms with Gasteiger partial charge in [0.15, 0.2) is 5.13 Å². The molecule has 0 saturated carbocycles. The van der Waals surface area contributed by atoms with Crippen LogP contribution in [0.5, 0.6) is 0 Å². The van der Waals surface area contributed by atoms with E-state index in [0.29, 0.717) is 21.4 Å². The molecule has 0 aliphatic carbocycles. The molecule has 4 rings (SSSR count). The fourth-order valence-electron chi connectivity index (χ4n) is 2.97. The van der Waals surface area contributed by atoms with Crippen molar-refractivity contribution in [3.05, 3.63) is 94.6 Å². The zero-order valence-corrected chi connectivity index (χ0v) is 20.3. The predicted octanol–water partition coefficient (Wildman–Crippen LogP) is 6.97. The summed E-state index contributed by atoms with van der Waals surface area (Å²) in [4.78, 5) is 30.2. The third kappa shape index (κ3) is 6.22. The molecule has 9 heteroatoms. The third-order valence-electron chi connectivity index (χ3n) is 4.77. The number of rotatable bonds is 7. The van der Waals surface area contributed by atoms with Crippen molar-refractivity contribution in [3.63, 3.8) is 0 Å². The van der Waals surface area contributed by atoms with Crippen LogP contribution in [0.1, 0.15) is 17.3 Å². The maximum absolute atomic E-state index is 13.0. The van der Waals surface area contributed by atoms with Gasteiger partial charge in [0, 0.05) is 32.1 Å². The summed E-state index contributed by atoms with van der Waals surface area (Å²) in [6.07, 6.45) is 0. The Morgan fingerprint density at radius 2 is 1.65 bits per heavy atom. The first-order valence-corrected chi connectivity index (χ1v) is 12.4. The summed E-state index contributed by atoms with van der Waals surface area (Å²) in [5.41, 5.74) is 2.67. The molecule has 5 nitrogen and oxygen atoms in total. The number of nitrogens with zero attached hydrogens (tertiary/aromatic N) is 1. The lowest BCUT2D eigenvalue weighted by molar-refractivity contribution is -0.115. The Labute approximate surface area is 209 Å². The molecule has 172 valence electrons. The van der Waals surface area contributed by atoms with E-state index in [2.05, 4.69) is 15.6 Å². The van der Waals surface area contributed by atoms with Crippen LogP contribution in [0, 0.1) is 5.82 Å². The van der Waals surface area contributed by atoms with E-state index in [-0.39, 0.29) is 17.1 Å². The lowest BCUT2D eigenvalue weighted by atomic mass is 10.2. The standard InChI is InChI=1S/C25H19ClFN3O2S2/c1-15(23(31)30-25-29-22(14-33-25)16-2-6-18(26)7-3-16)34-21-12-10-20(11-13-21)28-24(32)17-4-8-19(27)9-5-17/h2-15H,1H3,(H,28,32)(H,29,30,31). The van der Waals surface area contributed by atoms with Gasteiger partial charge in [-0.2, -0.15) is 0 Å². The summed E-state index contributed by atoms with van der Waals surface area (Å²) < 4.78 is 13.0. The molecule has 0 bridgehead atoms. The van der Waals surface area contributed by atoms with Crippen molar-refractivity contribution in [3.8, 4) is 11.3 Å². The average Bonchev–Trinajstić information content (AvgIpc) is 3.29. The van der Waals surface area contributed by atoms with Gasteiger partial charge in [-0.25, -0.2) is 9.37 Å². The molecule has 0 spiro atoms. The van der Waals surface area contributed by atoms with Crippen molar-refractivity contribution in [2.24, 2.45) is 0 Å². The zero-order chi connectivity index (χ0) is 24.1. The SMILES string of the molecule is CC(Sc1ccc(NC(=O)c2ccc(F)cc2)cc1)C(=O)Nc1nc(-c2ccc(Cl)cc2)cs1. The molecular weight excluding hydrogens is 493 g/mol. The van der Waals surface area contributed by atoms with Crippen LogP contribution >= 0.6 is 34.7 Å². The molecule has 4 aromatic rings. The Morgan fingerprint density at radius 1 is 0.971 bits per heavy atom. The van der Waals surface area contributed by atoms with Crippen molar-refractivity contribution in [1.82, 2.24) is 4.98 Å². The maximum atomic E-state index is 13.0.